The van der Waals surface area contributed by atoms with Gasteiger partial charge in [-0.3, -0.25) is 4.79 Å². The summed E-state index contributed by atoms with van der Waals surface area (Å²) in [6.45, 7) is 4.22. The van der Waals surface area contributed by atoms with Gasteiger partial charge in [-0.1, -0.05) is 17.7 Å². The number of halogens is 1. The molecule has 7 heteroatoms. The summed E-state index contributed by atoms with van der Waals surface area (Å²) >= 11 is 0. The number of aromatic nitrogens is 2. The highest BCUT2D eigenvalue weighted by Crippen LogP contribution is 2.45. The Morgan fingerprint density at radius 2 is 1.97 bits per heavy atom. The summed E-state index contributed by atoms with van der Waals surface area (Å²) in [5.41, 5.74) is 4.00. The Morgan fingerprint density at radius 3 is 2.66 bits per heavy atom. The van der Waals surface area contributed by atoms with E-state index in [4.69, 9.17) is 14.2 Å². The van der Waals surface area contributed by atoms with Crippen molar-refractivity contribution in [2.45, 2.75) is 45.6 Å². The maximum absolute atomic E-state index is 14.7. The van der Waals surface area contributed by atoms with Gasteiger partial charge in [0.15, 0.2) is 0 Å². The van der Waals surface area contributed by atoms with Crippen molar-refractivity contribution >= 4 is 12.0 Å². The van der Waals surface area contributed by atoms with Gasteiger partial charge in [-0.05, 0) is 74.4 Å². The van der Waals surface area contributed by atoms with Crippen molar-refractivity contribution < 1.29 is 23.4 Å². The van der Waals surface area contributed by atoms with Crippen LogP contribution in [0.4, 0.5) is 4.39 Å². The third kappa shape index (κ3) is 5.91. The standard InChI is InChI=1S/C28H31FN2O4/c1-18(2)12-26-21(16-30-31(26)27-14-22(33-3)10-11-25(27)29)17-35-23-7-5-6-20(13-23)24(19-8-9-19)15-28(32)34-4/h5-7,10-14,16,19,24H,8-9,15,17H2,1-4H3/t24-/m0/s1. The first-order valence-corrected chi connectivity index (χ1v) is 11.7. The molecule has 1 saturated carbocycles. The number of nitrogens with zero attached hydrogens (tertiary/aromatic N) is 2. The number of rotatable bonds is 10. The van der Waals surface area contributed by atoms with Crippen LogP contribution in [0.1, 0.15) is 55.8 Å². The molecule has 6 nitrogen and oxygen atoms in total. The smallest absolute Gasteiger partial charge is 0.306 e. The molecule has 0 bridgehead atoms. The van der Waals surface area contributed by atoms with Crippen LogP contribution < -0.4 is 9.47 Å². The summed E-state index contributed by atoms with van der Waals surface area (Å²) < 4.78 is 32.6. The Bertz CT molecular complexity index is 1230. The summed E-state index contributed by atoms with van der Waals surface area (Å²) in [5, 5.41) is 4.45. The normalized spacial score (nSPS) is 13.7. The van der Waals surface area contributed by atoms with Gasteiger partial charge in [0.1, 0.15) is 29.6 Å². The van der Waals surface area contributed by atoms with Gasteiger partial charge in [0.05, 0.1) is 32.5 Å². The highest BCUT2D eigenvalue weighted by atomic mass is 19.1. The van der Waals surface area contributed by atoms with Crippen molar-refractivity contribution in [2.24, 2.45) is 5.92 Å². The molecule has 0 unspecified atom stereocenters. The van der Waals surface area contributed by atoms with E-state index in [0.29, 0.717) is 29.5 Å². The van der Waals surface area contributed by atoms with Crippen LogP contribution >= 0.6 is 0 Å². The average molecular weight is 479 g/mol. The maximum Gasteiger partial charge on any atom is 0.306 e. The van der Waals surface area contributed by atoms with Crippen molar-refractivity contribution in [1.29, 1.82) is 0 Å². The molecule has 1 aliphatic rings. The van der Waals surface area contributed by atoms with E-state index in [9.17, 15) is 9.18 Å². The molecule has 0 amide bonds. The van der Waals surface area contributed by atoms with E-state index in [1.54, 1.807) is 30.1 Å². The molecule has 1 atom stereocenters. The van der Waals surface area contributed by atoms with E-state index in [0.717, 1.165) is 35.2 Å². The van der Waals surface area contributed by atoms with Gasteiger partial charge in [-0.2, -0.15) is 5.10 Å². The predicted molar refractivity (Wildman–Crippen MR) is 132 cm³/mol. The first kappa shape index (κ1) is 24.5. The molecule has 1 heterocycles. The zero-order valence-corrected chi connectivity index (χ0v) is 20.6. The lowest BCUT2D eigenvalue weighted by atomic mass is 9.91. The van der Waals surface area contributed by atoms with E-state index < -0.39 is 5.82 Å². The van der Waals surface area contributed by atoms with Gasteiger partial charge in [0.2, 0.25) is 0 Å². The van der Waals surface area contributed by atoms with E-state index >= 15 is 0 Å². The topological polar surface area (TPSA) is 62.6 Å². The van der Waals surface area contributed by atoms with Crippen LogP contribution in [0.15, 0.2) is 54.2 Å². The summed E-state index contributed by atoms with van der Waals surface area (Å²) in [6, 6.07) is 12.5. The lowest BCUT2D eigenvalue weighted by Crippen LogP contribution is -2.10. The second kappa shape index (κ2) is 10.8. The van der Waals surface area contributed by atoms with E-state index in [1.165, 1.54) is 13.2 Å². The van der Waals surface area contributed by atoms with Gasteiger partial charge in [-0.15, -0.1) is 0 Å². The number of esters is 1. The van der Waals surface area contributed by atoms with Crippen LogP contribution in [0.2, 0.25) is 0 Å². The molecular formula is C28H31FN2O4. The quantitative estimate of drug-likeness (QED) is 0.331. The maximum atomic E-state index is 14.7. The lowest BCUT2D eigenvalue weighted by molar-refractivity contribution is -0.141. The van der Waals surface area contributed by atoms with Crippen LogP contribution in [-0.2, 0) is 16.1 Å². The minimum atomic E-state index is -0.394. The van der Waals surface area contributed by atoms with Crippen LogP contribution in [-0.4, -0.2) is 30.0 Å². The second-order valence-electron chi connectivity index (χ2n) is 9.09. The Kier molecular flexibility index (Phi) is 7.54. The highest BCUT2D eigenvalue weighted by Gasteiger charge is 2.34. The number of hydrogen-bond donors (Lipinski definition) is 0. The molecule has 1 aromatic heterocycles. The van der Waals surface area contributed by atoms with E-state index in [2.05, 4.69) is 5.10 Å². The molecule has 3 aromatic rings. The van der Waals surface area contributed by atoms with Gasteiger partial charge in [-0.25, -0.2) is 9.07 Å². The van der Waals surface area contributed by atoms with Crippen LogP contribution in [0.25, 0.3) is 11.8 Å². The minimum Gasteiger partial charge on any atom is -0.497 e. The summed E-state index contributed by atoms with van der Waals surface area (Å²) in [4.78, 5) is 11.9. The Balaban J connectivity index is 1.58. The van der Waals surface area contributed by atoms with Gasteiger partial charge in [0, 0.05) is 11.6 Å². The van der Waals surface area contributed by atoms with Gasteiger partial charge >= 0.3 is 5.97 Å². The molecule has 2 aromatic carbocycles. The Labute approximate surface area is 205 Å². The molecule has 0 saturated heterocycles. The summed E-state index contributed by atoms with van der Waals surface area (Å²) in [5.74, 6) is 1.30. The molecular weight excluding hydrogens is 447 g/mol. The fraction of sp³-hybridized carbons (Fsp3) is 0.357. The number of methoxy groups -OCH3 is 2. The monoisotopic (exact) mass is 478 g/mol. The SMILES string of the molecule is COC(=O)C[C@H](c1cccc(OCc2cnn(-c3cc(OC)ccc3F)c2C=C(C)C)c1)C1CC1. The fourth-order valence-corrected chi connectivity index (χ4v) is 4.22. The molecule has 0 N–H and O–H groups in total. The van der Waals surface area contributed by atoms with Crippen molar-refractivity contribution in [3.63, 3.8) is 0 Å². The van der Waals surface area contributed by atoms with Crippen molar-refractivity contribution in [2.75, 3.05) is 14.2 Å². The second-order valence-corrected chi connectivity index (χ2v) is 9.09. The molecule has 0 spiro atoms. The summed E-state index contributed by atoms with van der Waals surface area (Å²) in [6.07, 6.45) is 6.27. The van der Waals surface area contributed by atoms with Crippen LogP contribution in [0.3, 0.4) is 0 Å². The molecule has 35 heavy (non-hydrogen) atoms. The Morgan fingerprint density at radius 1 is 1.17 bits per heavy atom. The minimum absolute atomic E-state index is 0.131. The van der Waals surface area contributed by atoms with E-state index in [-0.39, 0.29) is 18.5 Å². The third-order valence-electron chi connectivity index (χ3n) is 6.18. The first-order chi connectivity index (χ1) is 16.9. The lowest BCUT2D eigenvalue weighted by Gasteiger charge is -2.17. The number of hydrogen-bond acceptors (Lipinski definition) is 5. The van der Waals surface area contributed by atoms with Crippen LogP contribution in [0, 0.1) is 11.7 Å². The first-order valence-electron chi connectivity index (χ1n) is 11.7. The zero-order valence-electron chi connectivity index (χ0n) is 20.6. The summed E-state index contributed by atoms with van der Waals surface area (Å²) in [7, 11) is 2.97. The predicted octanol–water partition coefficient (Wildman–Crippen LogP) is 6.08. The molecule has 1 aliphatic carbocycles. The number of ether oxygens (including phenoxy) is 3. The van der Waals surface area contributed by atoms with Crippen molar-refractivity contribution in [1.82, 2.24) is 9.78 Å². The molecule has 0 radical (unpaired) electrons. The number of carbonyl (C=O) groups is 1. The average Bonchev–Trinajstić information content (AvgIpc) is 3.63. The number of carbonyl (C=O) groups excluding carboxylic acids is 1. The van der Waals surface area contributed by atoms with E-state index in [1.807, 2.05) is 44.2 Å². The van der Waals surface area contributed by atoms with Crippen molar-refractivity contribution in [3.05, 3.63) is 76.9 Å². The molecule has 1 fully saturated rings. The van der Waals surface area contributed by atoms with Gasteiger partial charge in [0.25, 0.3) is 0 Å². The van der Waals surface area contributed by atoms with Crippen molar-refractivity contribution in [3.8, 4) is 17.2 Å². The van der Waals surface area contributed by atoms with Crippen LogP contribution in [0.5, 0.6) is 11.5 Å². The number of allylic oxidation sites excluding steroid dienone is 1. The number of benzene rings is 2. The van der Waals surface area contributed by atoms with Gasteiger partial charge < -0.3 is 14.2 Å². The molecule has 184 valence electrons. The molecule has 4 rings (SSSR count). The Hall–Kier alpha value is -3.61. The zero-order chi connectivity index (χ0) is 24.9. The highest BCUT2D eigenvalue weighted by molar-refractivity contribution is 5.70. The third-order valence-corrected chi connectivity index (χ3v) is 6.18. The fourth-order valence-electron chi connectivity index (χ4n) is 4.22. The largest absolute Gasteiger partial charge is 0.497 e. The molecule has 0 aliphatic heterocycles.